The number of benzene rings is 1. The number of nitrogens with one attached hydrogen (secondary N) is 2. The van der Waals surface area contributed by atoms with Crippen LogP contribution in [0.2, 0.25) is 10.0 Å². The van der Waals surface area contributed by atoms with Crippen molar-refractivity contribution in [2.45, 2.75) is 13.3 Å². The number of hydrogen-bond donors (Lipinski definition) is 2. The van der Waals surface area contributed by atoms with Crippen molar-refractivity contribution in [1.82, 2.24) is 15.0 Å². The van der Waals surface area contributed by atoms with E-state index in [1.807, 2.05) is 43.6 Å². The fourth-order valence-corrected chi connectivity index (χ4v) is 2.81. The van der Waals surface area contributed by atoms with Crippen molar-refractivity contribution in [3.05, 3.63) is 63.8 Å². The van der Waals surface area contributed by atoms with Crippen LogP contribution < -0.4 is 0 Å². The predicted octanol–water partition coefficient (Wildman–Crippen LogP) is 4.61. The Balaban J connectivity index is 2.01. The zero-order valence-electron chi connectivity index (χ0n) is 10.9. The molecule has 1 aromatic carbocycles. The highest BCUT2D eigenvalue weighted by Gasteiger charge is 2.15. The molecule has 0 unspecified atom stereocenters. The van der Waals surface area contributed by atoms with Gasteiger partial charge in [-0.15, -0.1) is 0 Å². The Kier molecular flexibility index (Phi) is 3.55. The predicted molar refractivity (Wildman–Crippen MR) is 82.4 cm³/mol. The molecular formula is C15H13Cl2N3. The maximum atomic E-state index is 6.24. The lowest BCUT2D eigenvalue weighted by Gasteiger charge is -2.04. The molecular weight excluding hydrogens is 293 g/mol. The van der Waals surface area contributed by atoms with Crippen LogP contribution in [0.5, 0.6) is 0 Å². The second kappa shape index (κ2) is 5.35. The number of H-pyrrole nitrogens is 2. The maximum absolute atomic E-state index is 6.24. The third-order valence-electron chi connectivity index (χ3n) is 3.17. The summed E-state index contributed by atoms with van der Waals surface area (Å²) in [5.41, 5.74) is 3.73. The van der Waals surface area contributed by atoms with E-state index in [0.717, 1.165) is 29.2 Å². The number of halogens is 2. The van der Waals surface area contributed by atoms with Gasteiger partial charge in [0.15, 0.2) is 0 Å². The molecule has 0 amide bonds. The fraction of sp³-hybridized carbons (Fsp3) is 0.133. The van der Waals surface area contributed by atoms with Crippen molar-refractivity contribution in [3.8, 4) is 11.3 Å². The summed E-state index contributed by atoms with van der Waals surface area (Å²) in [7, 11) is 0. The van der Waals surface area contributed by atoms with E-state index in [4.69, 9.17) is 23.2 Å². The van der Waals surface area contributed by atoms with Crippen LogP contribution in [0.15, 0.2) is 36.7 Å². The van der Waals surface area contributed by atoms with Gasteiger partial charge in [-0.3, -0.25) is 0 Å². The van der Waals surface area contributed by atoms with Crippen LogP contribution in [-0.4, -0.2) is 15.0 Å². The minimum atomic E-state index is 0.611. The molecule has 0 saturated heterocycles. The number of aromatic nitrogens is 3. The van der Waals surface area contributed by atoms with Crippen molar-refractivity contribution in [2.24, 2.45) is 0 Å². The van der Waals surface area contributed by atoms with E-state index in [1.54, 1.807) is 0 Å². The number of imidazole rings is 1. The summed E-state index contributed by atoms with van der Waals surface area (Å²) in [5.74, 6) is 0.896. The molecule has 0 aliphatic carbocycles. The smallest absolute Gasteiger partial charge is 0.111 e. The first kappa shape index (κ1) is 13.3. The average Bonchev–Trinajstić information content (AvgIpc) is 3.01. The van der Waals surface area contributed by atoms with Gasteiger partial charge < -0.3 is 9.97 Å². The highest BCUT2D eigenvalue weighted by molar-refractivity contribution is 6.39. The summed E-state index contributed by atoms with van der Waals surface area (Å²) in [6.45, 7) is 1.97. The van der Waals surface area contributed by atoms with Crippen LogP contribution in [0.3, 0.4) is 0 Å². The molecule has 3 rings (SSSR count). The van der Waals surface area contributed by atoms with Gasteiger partial charge in [0.1, 0.15) is 5.82 Å². The standard InChI is InChI=1S/C15H13Cl2N3/c1-9-15(14-11(16)3-2-4-12(14)17)20-13(19-9)7-10-5-6-18-8-10/h2-6,8,18H,7H2,1H3,(H,19,20). The first-order valence-corrected chi connectivity index (χ1v) is 7.02. The fourth-order valence-electron chi connectivity index (χ4n) is 2.24. The van der Waals surface area contributed by atoms with Gasteiger partial charge in [-0.25, -0.2) is 4.98 Å². The zero-order valence-corrected chi connectivity index (χ0v) is 12.4. The molecule has 2 N–H and O–H groups in total. The first-order chi connectivity index (χ1) is 9.65. The Morgan fingerprint density at radius 1 is 1.15 bits per heavy atom. The van der Waals surface area contributed by atoms with Crippen LogP contribution in [0.25, 0.3) is 11.3 Å². The van der Waals surface area contributed by atoms with E-state index >= 15 is 0 Å². The van der Waals surface area contributed by atoms with E-state index in [9.17, 15) is 0 Å². The molecule has 0 aliphatic heterocycles. The van der Waals surface area contributed by atoms with Gasteiger partial charge in [-0.2, -0.15) is 0 Å². The highest BCUT2D eigenvalue weighted by atomic mass is 35.5. The second-order valence-corrected chi connectivity index (χ2v) is 5.46. The number of aryl methyl sites for hydroxylation is 1. The van der Waals surface area contributed by atoms with E-state index < -0.39 is 0 Å². The zero-order chi connectivity index (χ0) is 14.1. The minimum Gasteiger partial charge on any atom is -0.367 e. The molecule has 0 fully saturated rings. The van der Waals surface area contributed by atoms with Crippen molar-refractivity contribution in [2.75, 3.05) is 0 Å². The van der Waals surface area contributed by atoms with Gasteiger partial charge >= 0.3 is 0 Å². The van der Waals surface area contributed by atoms with Gasteiger partial charge in [-0.1, -0.05) is 29.3 Å². The quantitative estimate of drug-likeness (QED) is 0.729. The minimum absolute atomic E-state index is 0.611. The van der Waals surface area contributed by atoms with E-state index in [-0.39, 0.29) is 0 Å². The molecule has 2 heterocycles. The third-order valence-corrected chi connectivity index (χ3v) is 3.80. The summed E-state index contributed by atoms with van der Waals surface area (Å²) in [4.78, 5) is 11.0. The molecule has 0 bridgehead atoms. The Morgan fingerprint density at radius 2 is 1.90 bits per heavy atom. The van der Waals surface area contributed by atoms with Crippen molar-refractivity contribution in [3.63, 3.8) is 0 Å². The molecule has 5 heteroatoms. The number of hydrogen-bond acceptors (Lipinski definition) is 1. The Morgan fingerprint density at radius 3 is 2.55 bits per heavy atom. The first-order valence-electron chi connectivity index (χ1n) is 6.26. The second-order valence-electron chi connectivity index (χ2n) is 4.65. The van der Waals surface area contributed by atoms with Crippen LogP contribution in [0, 0.1) is 6.92 Å². The molecule has 0 aliphatic rings. The van der Waals surface area contributed by atoms with Crippen LogP contribution >= 0.6 is 23.2 Å². The van der Waals surface area contributed by atoms with Crippen LogP contribution in [0.1, 0.15) is 17.1 Å². The van der Waals surface area contributed by atoms with Gasteiger partial charge in [0.2, 0.25) is 0 Å². The summed E-state index contributed by atoms with van der Waals surface area (Å²) < 4.78 is 0. The molecule has 0 spiro atoms. The molecule has 0 saturated carbocycles. The van der Waals surface area contributed by atoms with Crippen molar-refractivity contribution < 1.29 is 0 Å². The normalized spacial score (nSPS) is 10.9. The molecule has 0 radical (unpaired) electrons. The largest absolute Gasteiger partial charge is 0.367 e. The molecule has 3 aromatic rings. The average molecular weight is 306 g/mol. The summed E-state index contributed by atoms with van der Waals surface area (Å²) in [6.07, 6.45) is 4.60. The van der Waals surface area contributed by atoms with Gasteiger partial charge in [0, 0.05) is 30.1 Å². The lowest BCUT2D eigenvalue weighted by Crippen LogP contribution is -1.89. The lowest BCUT2D eigenvalue weighted by molar-refractivity contribution is 1.02. The number of rotatable bonds is 3. The molecule has 3 nitrogen and oxygen atoms in total. The summed E-state index contributed by atoms with van der Waals surface area (Å²) in [5, 5.41) is 1.22. The summed E-state index contributed by atoms with van der Waals surface area (Å²) in [6, 6.07) is 7.50. The highest BCUT2D eigenvalue weighted by Crippen LogP contribution is 2.35. The van der Waals surface area contributed by atoms with Gasteiger partial charge in [-0.05, 0) is 30.7 Å². The Bertz CT molecular complexity index is 709. The van der Waals surface area contributed by atoms with E-state index in [1.165, 1.54) is 5.56 Å². The summed E-state index contributed by atoms with van der Waals surface area (Å²) >= 11 is 12.5. The third kappa shape index (κ3) is 2.47. The van der Waals surface area contributed by atoms with Crippen molar-refractivity contribution in [1.29, 1.82) is 0 Å². The van der Waals surface area contributed by atoms with Crippen LogP contribution in [0.4, 0.5) is 0 Å². The monoisotopic (exact) mass is 305 g/mol. The van der Waals surface area contributed by atoms with E-state index in [2.05, 4.69) is 15.0 Å². The van der Waals surface area contributed by atoms with Crippen LogP contribution in [-0.2, 0) is 6.42 Å². The molecule has 20 heavy (non-hydrogen) atoms. The van der Waals surface area contributed by atoms with Gasteiger partial charge in [0.25, 0.3) is 0 Å². The van der Waals surface area contributed by atoms with E-state index in [0.29, 0.717) is 10.0 Å². The SMILES string of the molecule is Cc1[nH]c(Cc2cc[nH]c2)nc1-c1c(Cl)cccc1Cl. The Hall–Kier alpha value is -1.71. The molecule has 102 valence electrons. The van der Waals surface area contributed by atoms with Crippen molar-refractivity contribution >= 4 is 23.2 Å². The number of aromatic amines is 2. The topological polar surface area (TPSA) is 44.5 Å². The molecule has 2 aromatic heterocycles. The molecule has 0 atom stereocenters. The Labute approximate surface area is 127 Å². The maximum Gasteiger partial charge on any atom is 0.111 e. The lowest BCUT2D eigenvalue weighted by atomic mass is 10.1. The van der Waals surface area contributed by atoms with Gasteiger partial charge in [0.05, 0.1) is 15.7 Å². The number of nitrogens with zero attached hydrogens (tertiary/aromatic N) is 1.